The van der Waals surface area contributed by atoms with Gasteiger partial charge in [-0.2, -0.15) is 0 Å². The van der Waals surface area contributed by atoms with Crippen LogP contribution in [0.15, 0.2) is 42.5 Å². The van der Waals surface area contributed by atoms with Gasteiger partial charge in [0.25, 0.3) is 5.91 Å². The van der Waals surface area contributed by atoms with Gasteiger partial charge in [0.15, 0.2) is 6.61 Å². The maximum absolute atomic E-state index is 13.6. The standard InChI is InChI=1S/C32H32Cl2N2O3/c1-18(25-15-19-12-13-20(25)14-19)35-28(37)17-39-32(38)29-23-8-2-3-11-27(23)36-31-22(7-4-9-24(29)31)16-21-6-5-10-26(33)30(21)34/h2-3,5-6,8,10-11,16,18-20,25H,4,7,9,12-15,17H2,1H3,(H,35,37)/b22-16-/t18-,19+,20+,25-/m1/s1. The lowest BCUT2D eigenvalue weighted by molar-refractivity contribution is -0.125. The number of aromatic nitrogens is 1. The van der Waals surface area contributed by atoms with Crippen molar-refractivity contribution >= 4 is 57.6 Å². The van der Waals surface area contributed by atoms with E-state index in [4.69, 9.17) is 32.9 Å². The van der Waals surface area contributed by atoms with Gasteiger partial charge in [-0.05, 0) is 98.1 Å². The highest BCUT2D eigenvalue weighted by atomic mass is 35.5. The van der Waals surface area contributed by atoms with E-state index in [1.54, 1.807) is 6.07 Å². The first-order valence-corrected chi connectivity index (χ1v) is 14.7. The number of ether oxygens (including phenoxy) is 1. The summed E-state index contributed by atoms with van der Waals surface area (Å²) in [5.74, 6) is 1.32. The zero-order chi connectivity index (χ0) is 27.1. The molecule has 2 saturated carbocycles. The van der Waals surface area contributed by atoms with Crippen LogP contribution in [0, 0.1) is 17.8 Å². The second-order valence-corrected chi connectivity index (χ2v) is 12.1. The van der Waals surface area contributed by atoms with Crippen molar-refractivity contribution in [2.45, 2.75) is 57.9 Å². The quantitative estimate of drug-likeness (QED) is 0.315. The van der Waals surface area contributed by atoms with Gasteiger partial charge in [0, 0.05) is 11.4 Å². The second kappa shape index (κ2) is 10.9. The van der Waals surface area contributed by atoms with Crippen LogP contribution < -0.4 is 5.32 Å². The summed E-state index contributed by atoms with van der Waals surface area (Å²) < 4.78 is 5.64. The predicted molar refractivity (Wildman–Crippen MR) is 156 cm³/mol. The maximum atomic E-state index is 13.6. The van der Waals surface area contributed by atoms with Crippen LogP contribution in [0.5, 0.6) is 0 Å². The minimum atomic E-state index is -0.491. The van der Waals surface area contributed by atoms with E-state index in [1.807, 2.05) is 42.5 Å². The number of nitrogens with zero attached hydrogens (tertiary/aromatic N) is 1. The molecule has 3 aliphatic rings. The first-order valence-electron chi connectivity index (χ1n) is 13.9. The Morgan fingerprint density at radius 2 is 1.95 bits per heavy atom. The number of hydrogen-bond donors (Lipinski definition) is 1. The van der Waals surface area contributed by atoms with Crippen molar-refractivity contribution in [1.29, 1.82) is 0 Å². The molecule has 0 spiro atoms. The van der Waals surface area contributed by atoms with Crippen LogP contribution in [0.2, 0.25) is 10.0 Å². The van der Waals surface area contributed by atoms with Crippen molar-refractivity contribution in [2.75, 3.05) is 6.61 Å². The molecule has 1 amide bonds. The summed E-state index contributed by atoms with van der Waals surface area (Å²) >= 11 is 12.7. The van der Waals surface area contributed by atoms with Gasteiger partial charge in [-0.25, -0.2) is 9.78 Å². The molecular formula is C32H32Cl2N2O3. The number of carbonyl (C=O) groups is 2. The van der Waals surface area contributed by atoms with Crippen LogP contribution in [-0.4, -0.2) is 29.5 Å². The summed E-state index contributed by atoms with van der Waals surface area (Å²) in [6.07, 6.45) is 9.45. The van der Waals surface area contributed by atoms with Crippen LogP contribution in [0.1, 0.15) is 72.6 Å². The van der Waals surface area contributed by atoms with Crippen molar-refractivity contribution in [3.05, 3.63) is 74.9 Å². The molecule has 6 rings (SSSR count). The maximum Gasteiger partial charge on any atom is 0.339 e. The highest BCUT2D eigenvalue weighted by molar-refractivity contribution is 6.43. The third-order valence-electron chi connectivity index (χ3n) is 8.84. The number of para-hydroxylation sites is 1. The van der Waals surface area contributed by atoms with Crippen molar-refractivity contribution in [3.63, 3.8) is 0 Å². The zero-order valence-electron chi connectivity index (χ0n) is 22.0. The monoisotopic (exact) mass is 562 g/mol. The largest absolute Gasteiger partial charge is 0.452 e. The normalized spacial score (nSPS) is 23.6. The Morgan fingerprint density at radius 1 is 1.10 bits per heavy atom. The molecule has 4 atom stereocenters. The van der Waals surface area contributed by atoms with E-state index in [-0.39, 0.29) is 18.6 Å². The average Bonchev–Trinajstić information content (AvgIpc) is 3.57. The van der Waals surface area contributed by atoms with E-state index in [2.05, 4.69) is 12.2 Å². The number of pyridine rings is 1. The molecule has 2 bridgehead atoms. The summed E-state index contributed by atoms with van der Waals surface area (Å²) in [5, 5.41) is 4.81. The van der Waals surface area contributed by atoms with Gasteiger partial charge in [-0.1, -0.05) is 60.0 Å². The fourth-order valence-electron chi connectivity index (χ4n) is 7.04. The van der Waals surface area contributed by atoms with E-state index in [0.717, 1.165) is 46.5 Å². The molecule has 2 aromatic carbocycles. The summed E-state index contributed by atoms with van der Waals surface area (Å²) in [6.45, 7) is 1.79. The molecule has 0 aliphatic heterocycles. The number of fused-ring (bicyclic) bond motifs is 4. The zero-order valence-corrected chi connectivity index (χ0v) is 23.5. The third-order valence-corrected chi connectivity index (χ3v) is 9.68. The molecule has 1 N–H and O–H groups in total. The van der Waals surface area contributed by atoms with Crippen LogP contribution in [-0.2, 0) is 16.0 Å². The molecule has 5 nitrogen and oxygen atoms in total. The highest BCUT2D eigenvalue weighted by Gasteiger charge is 2.42. The van der Waals surface area contributed by atoms with Crippen LogP contribution in [0.4, 0.5) is 0 Å². The fourth-order valence-corrected chi connectivity index (χ4v) is 7.40. The Labute approximate surface area is 238 Å². The van der Waals surface area contributed by atoms with Crippen molar-refractivity contribution < 1.29 is 14.3 Å². The Morgan fingerprint density at radius 3 is 2.74 bits per heavy atom. The molecule has 3 aliphatic carbocycles. The number of hydrogen-bond acceptors (Lipinski definition) is 4. The Hall–Kier alpha value is -2.89. The molecule has 3 aromatic rings. The number of benzene rings is 2. The summed E-state index contributed by atoms with van der Waals surface area (Å²) in [6, 6.07) is 13.2. The van der Waals surface area contributed by atoms with Gasteiger partial charge in [0.2, 0.25) is 0 Å². The Bertz CT molecular complexity index is 1480. The van der Waals surface area contributed by atoms with Gasteiger partial charge in [-0.15, -0.1) is 0 Å². The molecular weight excluding hydrogens is 531 g/mol. The van der Waals surface area contributed by atoms with E-state index >= 15 is 0 Å². The number of amides is 1. The second-order valence-electron chi connectivity index (χ2n) is 11.3. The van der Waals surface area contributed by atoms with E-state index in [0.29, 0.717) is 39.4 Å². The van der Waals surface area contributed by atoms with Crippen molar-refractivity contribution in [3.8, 4) is 0 Å². The number of allylic oxidation sites excluding steroid dienone is 1. The van der Waals surface area contributed by atoms with Gasteiger partial charge in [-0.3, -0.25) is 4.79 Å². The lowest BCUT2D eigenvalue weighted by atomic mass is 9.84. The lowest BCUT2D eigenvalue weighted by Crippen LogP contribution is -2.42. The van der Waals surface area contributed by atoms with Crippen molar-refractivity contribution in [2.24, 2.45) is 17.8 Å². The number of halogens is 2. The van der Waals surface area contributed by atoms with E-state index in [9.17, 15) is 9.59 Å². The number of nitrogens with one attached hydrogen (secondary N) is 1. The van der Waals surface area contributed by atoms with Gasteiger partial charge in [0.05, 0.1) is 26.8 Å². The highest BCUT2D eigenvalue weighted by Crippen LogP contribution is 2.49. The number of carbonyl (C=O) groups excluding carboxylic acids is 2. The molecule has 1 heterocycles. The van der Waals surface area contributed by atoms with Crippen molar-refractivity contribution in [1.82, 2.24) is 10.3 Å². The predicted octanol–water partition coefficient (Wildman–Crippen LogP) is 7.52. The third kappa shape index (κ3) is 5.19. The first kappa shape index (κ1) is 26.3. The summed E-state index contributed by atoms with van der Waals surface area (Å²) in [7, 11) is 0. The molecule has 39 heavy (non-hydrogen) atoms. The summed E-state index contributed by atoms with van der Waals surface area (Å²) in [4.78, 5) is 31.3. The van der Waals surface area contributed by atoms with Crippen LogP contribution in [0.3, 0.4) is 0 Å². The minimum Gasteiger partial charge on any atom is -0.452 e. The summed E-state index contributed by atoms with van der Waals surface area (Å²) in [5.41, 5.74) is 4.64. The van der Waals surface area contributed by atoms with Crippen LogP contribution in [0.25, 0.3) is 22.6 Å². The minimum absolute atomic E-state index is 0.0898. The molecule has 7 heteroatoms. The van der Waals surface area contributed by atoms with E-state index < -0.39 is 5.97 Å². The molecule has 2 fully saturated rings. The molecule has 1 aromatic heterocycles. The SMILES string of the molecule is C[C@@H](NC(=O)COC(=O)c1c2c(nc3ccccc13)/C(=C\c1cccc(Cl)c1Cl)CCC2)[C@H]1C[C@H]2CC[C@H]1C2. The van der Waals surface area contributed by atoms with Crippen LogP contribution >= 0.6 is 23.2 Å². The van der Waals surface area contributed by atoms with Gasteiger partial charge in [0.1, 0.15) is 0 Å². The fraction of sp³-hybridized carbons (Fsp3) is 0.406. The lowest BCUT2D eigenvalue weighted by Gasteiger charge is -2.28. The van der Waals surface area contributed by atoms with E-state index in [1.165, 1.54) is 25.7 Å². The molecule has 202 valence electrons. The Balaban J connectivity index is 1.26. The van der Waals surface area contributed by atoms with Gasteiger partial charge < -0.3 is 10.1 Å². The van der Waals surface area contributed by atoms with Gasteiger partial charge >= 0.3 is 5.97 Å². The molecule has 0 radical (unpaired) electrons. The molecule has 0 saturated heterocycles. The smallest absolute Gasteiger partial charge is 0.339 e. The average molecular weight is 564 g/mol. The number of rotatable bonds is 6. The topological polar surface area (TPSA) is 68.3 Å². The number of esters is 1. The molecule has 0 unspecified atom stereocenters. The Kier molecular flexibility index (Phi) is 7.39. The first-order chi connectivity index (χ1) is 18.9.